The van der Waals surface area contributed by atoms with Gasteiger partial charge < -0.3 is 0 Å². The highest BCUT2D eigenvalue weighted by Crippen LogP contribution is 2.63. The van der Waals surface area contributed by atoms with Crippen LogP contribution in [0.1, 0.15) is 39.7 Å². The van der Waals surface area contributed by atoms with E-state index in [2.05, 4.69) is 0 Å². The van der Waals surface area contributed by atoms with Gasteiger partial charge in [0.15, 0.2) is 0 Å². The van der Waals surface area contributed by atoms with Crippen LogP contribution in [0.2, 0.25) is 0 Å². The van der Waals surface area contributed by atoms with E-state index in [1.54, 1.807) is 48.5 Å². The smallest absolute Gasteiger partial charge is 0.242 e. The van der Waals surface area contributed by atoms with Gasteiger partial charge in [0.2, 0.25) is 23.6 Å². The maximum atomic E-state index is 14.9. The van der Waals surface area contributed by atoms with Crippen LogP contribution in [0.25, 0.3) is 0 Å². The monoisotopic (exact) mass is 540 g/mol. The van der Waals surface area contributed by atoms with Crippen molar-refractivity contribution < 1.29 is 19.2 Å². The lowest BCUT2D eigenvalue weighted by atomic mass is 9.54. The summed E-state index contributed by atoms with van der Waals surface area (Å²) < 4.78 is 0. The van der Waals surface area contributed by atoms with Crippen LogP contribution < -0.4 is 9.80 Å². The number of carbonyl (C=O) groups is 4. The second kappa shape index (κ2) is 9.10. The first kappa shape index (κ1) is 25.1. The van der Waals surface area contributed by atoms with E-state index < -0.39 is 35.0 Å². The Labute approximate surface area is 238 Å². The van der Waals surface area contributed by atoms with Gasteiger partial charge in [0.25, 0.3) is 0 Å². The van der Waals surface area contributed by atoms with Crippen LogP contribution in [-0.2, 0) is 25.6 Å². The van der Waals surface area contributed by atoms with Gasteiger partial charge in [-0.2, -0.15) is 0 Å². The Kier molecular flexibility index (Phi) is 5.58. The van der Waals surface area contributed by atoms with Crippen molar-refractivity contribution in [2.24, 2.45) is 11.3 Å². The first-order chi connectivity index (χ1) is 19.8. The van der Waals surface area contributed by atoms with Gasteiger partial charge in [0.05, 0.1) is 34.5 Å². The Balaban J connectivity index is 1.52. The van der Waals surface area contributed by atoms with Crippen LogP contribution in [-0.4, -0.2) is 23.6 Å². The van der Waals surface area contributed by atoms with Crippen LogP contribution in [0.4, 0.5) is 11.4 Å². The van der Waals surface area contributed by atoms with Crippen LogP contribution in [0.3, 0.4) is 0 Å². The lowest BCUT2D eigenvalue weighted by Crippen LogP contribution is -2.51. The van der Waals surface area contributed by atoms with Gasteiger partial charge in [-0.05, 0) is 61.2 Å². The third-order valence-electron chi connectivity index (χ3n) is 8.98. The minimum Gasteiger partial charge on any atom is -0.274 e. The maximum absolute atomic E-state index is 14.9. The minimum atomic E-state index is -1.48. The molecule has 0 unspecified atom stereocenters. The topological polar surface area (TPSA) is 74.8 Å². The molecule has 2 fully saturated rings. The molecule has 4 amide bonds. The summed E-state index contributed by atoms with van der Waals surface area (Å²) in [4.78, 5) is 60.7. The van der Waals surface area contributed by atoms with Crippen molar-refractivity contribution in [2.45, 2.75) is 32.1 Å². The average molecular weight is 541 g/mol. The number of fused-ring (bicyclic) bond motifs is 6. The van der Waals surface area contributed by atoms with Crippen molar-refractivity contribution in [2.75, 3.05) is 9.80 Å². The lowest BCUT2D eigenvalue weighted by Gasteiger charge is -2.43. The van der Waals surface area contributed by atoms with Crippen molar-refractivity contribution in [1.29, 1.82) is 0 Å². The van der Waals surface area contributed by atoms with E-state index in [9.17, 15) is 19.2 Å². The summed E-state index contributed by atoms with van der Waals surface area (Å²) in [5.41, 5.74) is 3.57. The van der Waals surface area contributed by atoms with Crippen LogP contribution in [0, 0.1) is 25.2 Å². The van der Waals surface area contributed by atoms with Gasteiger partial charge in [-0.25, -0.2) is 9.80 Å². The normalized spacial score (nSPS) is 24.9. The van der Waals surface area contributed by atoms with Crippen molar-refractivity contribution >= 4 is 35.0 Å². The zero-order valence-corrected chi connectivity index (χ0v) is 22.8. The summed E-state index contributed by atoms with van der Waals surface area (Å²) in [5, 5.41) is 0. The number of para-hydroxylation sites is 2. The molecule has 6 nitrogen and oxygen atoms in total. The number of benzene rings is 4. The molecule has 2 heterocycles. The number of amides is 4. The molecule has 0 aromatic heterocycles. The predicted octanol–water partition coefficient (Wildman–Crippen LogP) is 5.48. The molecule has 0 N–H and O–H groups in total. The fourth-order valence-corrected chi connectivity index (χ4v) is 7.22. The SMILES string of the molecule is Cc1ccc(C[C@@]23C(=O)N(c4ccccc4)C(=O)[C@H]2c2cc(C)ccc2[C@H]2C(=O)N(c4ccccc4)C(=O)[C@@H]23)cc1. The standard InChI is InChI=1S/C35H28N2O4/c1-21-13-16-23(17-14-21)20-35-29(32(39)37(34(35)41)25-11-7-4-8-12-25)27-19-22(2)15-18-26(27)28-30(35)33(40)36(31(28)38)24-9-5-3-6-10-24/h3-19,28-30H,20H2,1-2H3/t28-,29-,30-,35-/m1/s1. The average Bonchev–Trinajstić information content (AvgIpc) is 3.37. The number of imide groups is 2. The molecule has 2 saturated heterocycles. The van der Waals surface area contributed by atoms with Gasteiger partial charge in [-0.15, -0.1) is 0 Å². The fraction of sp³-hybridized carbons (Fsp3) is 0.200. The Morgan fingerprint density at radius 3 is 1.83 bits per heavy atom. The summed E-state index contributed by atoms with van der Waals surface area (Å²) in [7, 11) is 0. The number of anilines is 2. The third-order valence-corrected chi connectivity index (χ3v) is 8.98. The molecule has 7 rings (SSSR count). The summed E-state index contributed by atoms with van der Waals surface area (Å²) in [5.74, 6) is -4.44. The summed E-state index contributed by atoms with van der Waals surface area (Å²) >= 11 is 0. The second-order valence-corrected chi connectivity index (χ2v) is 11.4. The van der Waals surface area contributed by atoms with E-state index in [0.717, 1.165) is 16.7 Å². The molecule has 4 atom stereocenters. The van der Waals surface area contributed by atoms with Crippen LogP contribution in [0.5, 0.6) is 0 Å². The molecule has 0 saturated carbocycles. The van der Waals surface area contributed by atoms with Crippen molar-refractivity contribution in [1.82, 2.24) is 0 Å². The highest BCUT2D eigenvalue weighted by Gasteiger charge is 2.73. The van der Waals surface area contributed by atoms with Crippen molar-refractivity contribution in [3.63, 3.8) is 0 Å². The Morgan fingerprint density at radius 2 is 1.20 bits per heavy atom. The number of carbonyl (C=O) groups excluding carboxylic acids is 4. The van der Waals surface area contributed by atoms with Crippen LogP contribution >= 0.6 is 0 Å². The molecule has 0 bridgehead atoms. The number of rotatable bonds is 4. The van der Waals surface area contributed by atoms with E-state index in [1.165, 1.54) is 9.80 Å². The van der Waals surface area contributed by atoms with E-state index in [0.29, 0.717) is 22.5 Å². The number of nitrogens with zero attached hydrogens (tertiary/aromatic N) is 2. The van der Waals surface area contributed by atoms with Gasteiger partial charge in [-0.1, -0.05) is 90.0 Å². The first-order valence-corrected chi connectivity index (χ1v) is 13.9. The molecule has 202 valence electrons. The number of hydrogen-bond acceptors (Lipinski definition) is 4. The number of aryl methyl sites for hydroxylation is 2. The summed E-state index contributed by atoms with van der Waals surface area (Å²) in [6.07, 6.45) is 0.155. The maximum Gasteiger partial charge on any atom is 0.242 e. The van der Waals surface area contributed by atoms with E-state index in [4.69, 9.17) is 0 Å². The quantitative estimate of drug-likeness (QED) is 0.322. The Bertz CT molecular complexity index is 1730. The molecule has 1 aliphatic carbocycles. The van der Waals surface area contributed by atoms with E-state index >= 15 is 0 Å². The largest absolute Gasteiger partial charge is 0.274 e. The highest BCUT2D eigenvalue weighted by atomic mass is 16.2. The minimum absolute atomic E-state index is 0.155. The van der Waals surface area contributed by atoms with E-state index in [1.807, 2.05) is 68.4 Å². The first-order valence-electron chi connectivity index (χ1n) is 13.9. The van der Waals surface area contributed by atoms with Gasteiger partial charge in [0, 0.05) is 0 Å². The predicted molar refractivity (Wildman–Crippen MR) is 155 cm³/mol. The van der Waals surface area contributed by atoms with Crippen LogP contribution in [0.15, 0.2) is 103 Å². The molecule has 0 spiro atoms. The van der Waals surface area contributed by atoms with Crippen molar-refractivity contribution in [3.05, 3.63) is 131 Å². The second-order valence-electron chi connectivity index (χ2n) is 11.4. The Hall–Kier alpha value is -4.84. The van der Waals surface area contributed by atoms with Gasteiger partial charge >= 0.3 is 0 Å². The fourth-order valence-electron chi connectivity index (χ4n) is 7.22. The molecule has 4 aromatic carbocycles. The van der Waals surface area contributed by atoms with Gasteiger partial charge in [-0.3, -0.25) is 19.2 Å². The molecule has 2 aliphatic heterocycles. The zero-order valence-electron chi connectivity index (χ0n) is 22.8. The lowest BCUT2D eigenvalue weighted by molar-refractivity contribution is -0.138. The third kappa shape index (κ3) is 3.50. The summed E-state index contributed by atoms with van der Waals surface area (Å²) in [6.45, 7) is 3.92. The molecule has 0 radical (unpaired) electrons. The summed E-state index contributed by atoms with van der Waals surface area (Å²) in [6, 6.07) is 31.2. The molecule has 41 heavy (non-hydrogen) atoms. The Morgan fingerprint density at radius 1 is 0.610 bits per heavy atom. The van der Waals surface area contributed by atoms with E-state index in [-0.39, 0.29) is 18.2 Å². The van der Waals surface area contributed by atoms with Gasteiger partial charge in [0.1, 0.15) is 0 Å². The highest BCUT2D eigenvalue weighted by molar-refractivity contribution is 6.31. The molecular weight excluding hydrogens is 512 g/mol. The zero-order chi connectivity index (χ0) is 28.5. The molecule has 4 aromatic rings. The number of hydrogen-bond donors (Lipinski definition) is 0. The van der Waals surface area contributed by atoms with Crippen molar-refractivity contribution in [3.8, 4) is 0 Å². The molecule has 3 aliphatic rings. The molecular formula is C35H28N2O4. The molecule has 6 heteroatoms.